The van der Waals surface area contributed by atoms with Crippen LogP contribution in [0.2, 0.25) is 0 Å². The molecular weight excluding hydrogens is 124 g/mol. The first-order chi connectivity index (χ1) is 4.55. The van der Waals surface area contributed by atoms with E-state index in [9.17, 15) is 5.11 Å². The smallest absolute Gasteiger partial charge is 0.0795 e. The second-order valence-electron chi connectivity index (χ2n) is 3.56. The Bertz CT molecular complexity index is 177. The van der Waals surface area contributed by atoms with Crippen molar-refractivity contribution >= 4 is 0 Å². The van der Waals surface area contributed by atoms with Gasteiger partial charge in [0.1, 0.15) is 0 Å². The number of aliphatic hydroxyl groups is 1. The predicted octanol–water partition coefficient (Wildman–Crippen LogP) is 1.89. The molecule has 0 aromatic rings. The normalized spacial score (nSPS) is 29.9. The van der Waals surface area contributed by atoms with Gasteiger partial charge in [-0.25, -0.2) is 0 Å². The van der Waals surface area contributed by atoms with Gasteiger partial charge in [-0.3, -0.25) is 0 Å². The highest BCUT2D eigenvalue weighted by Crippen LogP contribution is 2.35. The fourth-order valence-electron chi connectivity index (χ4n) is 1.42. The third-order valence-corrected chi connectivity index (χ3v) is 1.90. The molecule has 10 heavy (non-hydrogen) atoms. The summed E-state index contributed by atoms with van der Waals surface area (Å²) in [5.41, 5.74) is 1.13. The van der Waals surface area contributed by atoms with Crippen LogP contribution in [0.4, 0.5) is 0 Å². The molecule has 0 aromatic heterocycles. The molecule has 0 aromatic carbocycles. The van der Waals surface area contributed by atoms with Gasteiger partial charge in [0.05, 0.1) is 6.10 Å². The second-order valence-corrected chi connectivity index (χ2v) is 3.56. The molecule has 0 aliphatic heterocycles. The molecule has 0 heterocycles. The van der Waals surface area contributed by atoms with Crippen LogP contribution in [-0.4, -0.2) is 11.2 Å². The Morgan fingerprint density at radius 3 is 2.60 bits per heavy atom. The molecule has 1 rings (SSSR count). The first-order valence-corrected chi connectivity index (χ1v) is 3.58. The second kappa shape index (κ2) is 2.24. The summed E-state index contributed by atoms with van der Waals surface area (Å²) in [6, 6.07) is 0. The van der Waals surface area contributed by atoms with Crippen LogP contribution >= 0.6 is 0 Å². The molecule has 0 bridgehead atoms. The number of hydrogen-bond acceptors (Lipinski definition) is 1. The molecule has 1 nitrogen and oxygen atoms in total. The molecule has 0 radical (unpaired) electrons. The molecule has 1 aliphatic carbocycles. The van der Waals surface area contributed by atoms with Crippen LogP contribution in [0.1, 0.15) is 20.3 Å². The lowest BCUT2D eigenvalue weighted by Crippen LogP contribution is -2.09. The largest absolute Gasteiger partial charge is 0.388 e. The monoisotopic (exact) mass is 138 g/mol. The number of hydrogen-bond donors (Lipinski definition) is 1. The molecule has 1 atom stereocenters. The Morgan fingerprint density at radius 2 is 2.40 bits per heavy atom. The summed E-state index contributed by atoms with van der Waals surface area (Å²) in [4.78, 5) is 0. The quantitative estimate of drug-likeness (QED) is 0.586. The summed E-state index contributed by atoms with van der Waals surface area (Å²) in [5.74, 6) is 0. The van der Waals surface area contributed by atoms with Crippen molar-refractivity contribution in [3.8, 4) is 0 Å². The Hall–Kier alpha value is -0.560. The lowest BCUT2D eigenvalue weighted by Gasteiger charge is -2.13. The van der Waals surface area contributed by atoms with Crippen molar-refractivity contribution in [1.82, 2.24) is 0 Å². The first kappa shape index (κ1) is 7.55. The molecule has 0 saturated carbocycles. The maximum atomic E-state index is 9.39. The molecule has 0 saturated heterocycles. The van der Waals surface area contributed by atoms with Gasteiger partial charge in [-0.05, 0) is 17.4 Å². The van der Waals surface area contributed by atoms with Crippen LogP contribution < -0.4 is 0 Å². The van der Waals surface area contributed by atoms with Crippen molar-refractivity contribution in [2.75, 3.05) is 0 Å². The Labute approximate surface area is 62.1 Å². The van der Waals surface area contributed by atoms with E-state index < -0.39 is 0 Å². The minimum Gasteiger partial charge on any atom is -0.388 e. The van der Waals surface area contributed by atoms with E-state index in [2.05, 4.69) is 26.5 Å². The molecule has 0 fully saturated rings. The summed E-state index contributed by atoms with van der Waals surface area (Å²) < 4.78 is 0. The van der Waals surface area contributed by atoms with E-state index in [4.69, 9.17) is 0 Å². The van der Waals surface area contributed by atoms with E-state index >= 15 is 0 Å². The molecule has 0 unspecified atom stereocenters. The summed E-state index contributed by atoms with van der Waals surface area (Å²) in [6.07, 6.45) is 4.37. The van der Waals surface area contributed by atoms with Gasteiger partial charge < -0.3 is 5.11 Å². The maximum absolute atomic E-state index is 9.39. The molecule has 0 spiro atoms. The SMILES string of the molecule is C=CC1=CC(C)(C)C[C@@H]1O. The van der Waals surface area contributed by atoms with E-state index in [-0.39, 0.29) is 11.5 Å². The molecular formula is C9H14O. The molecule has 56 valence electrons. The predicted molar refractivity (Wildman–Crippen MR) is 42.7 cm³/mol. The van der Waals surface area contributed by atoms with Crippen LogP contribution in [0.15, 0.2) is 24.3 Å². The van der Waals surface area contributed by atoms with E-state index in [1.165, 1.54) is 0 Å². The average Bonchev–Trinajstić information content (AvgIpc) is 2.05. The van der Waals surface area contributed by atoms with E-state index in [0.29, 0.717) is 0 Å². The Balaban J connectivity index is 2.82. The minimum absolute atomic E-state index is 0.156. The van der Waals surface area contributed by atoms with Gasteiger partial charge in [-0.15, -0.1) is 0 Å². The maximum Gasteiger partial charge on any atom is 0.0795 e. The van der Waals surface area contributed by atoms with E-state index in [1.807, 2.05) is 0 Å². The highest BCUT2D eigenvalue weighted by Gasteiger charge is 2.28. The van der Waals surface area contributed by atoms with Crippen molar-refractivity contribution in [2.24, 2.45) is 5.41 Å². The van der Waals surface area contributed by atoms with Gasteiger partial charge in [0.25, 0.3) is 0 Å². The van der Waals surface area contributed by atoms with Gasteiger partial charge in [0, 0.05) is 0 Å². The minimum atomic E-state index is -0.285. The van der Waals surface area contributed by atoms with E-state index in [0.717, 1.165) is 12.0 Å². The number of aliphatic hydroxyl groups excluding tert-OH is 1. The zero-order valence-corrected chi connectivity index (χ0v) is 6.59. The van der Waals surface area contributed by atoms with Crippen molar-refractivity contribution in [2.45, 2.75) is 26.4 Å². The van der Waals surface area contributed by atoms with Crippen LogP contribution in [0, 0.1) is 5.41 Å². The highest BCUT2D eigenvalue weighted by molar-refractivity contribution is 5.28. The van der Waals surface area contributed by atoms with Gasteiger partial charge >= 0.3 is 0 Å². The molecule has 1 heteroatoms. The fraction of sp³-hybridized carbons (Fsp3) is 0.556. The van der Waals surface area contributed by atoms with Gasteiger partial charge in [-0.2, -0.15) is 0 Å². The summed E-state index contributed by atoms with van der Waals surface area (Å²) in [7, 11) is 0. The fourth-order valence-corrected chi connectivity index (χ4v) is 1.42. The van der Waals surface area contributed by atoms with Crippen molar-refractivity contribution in [3.63, 3.8) is 0 Å². The topological polar surface area (TPSA) is 20.2 Å². The van der Waals surface area contributed by atoms with Crippen LogP contribution in [0.3, 0.4) is 0 Å². The van der Waals surface area contributed by atoms with Gasteiger partial charge in [0.15, 0.2) is 0 Å². The lowest BCUT2D eigenvalue weighted by atomic mass is 9.93. The Kier molecular flexibility index (Phi) is 1.69. The van der Waals surface area contributed by atoms with Crippen molar-refractivity contribution < 1.29 is 5.11 Å². The third kappa shape index (κ3) is 1.29. The number of rotatable bonds is 1. The van der Waals surface area contributed by atoms with Crippen LogP contribution in [0.5, 0.6) is 0 Å². The molecule has 1 aliphatic rings. The van der Waals surface area contributed by atoms with Crippen molar-refractivity contribution in [3.05, 3.63) is 24.3 Å². The number of allylic oxidation sites excluding steroid dienone is 1. The average molecular weight is 138 g/mol. The van der Waals surface area contributed by atoms with Gasteiger partial charge in [0.2, 0.25) is 0 Å². The van der Waals surface area contributed by atoms with Crippen LogP contribution in [0.25, 0.3) is 0 Å². The Morgan fingerprint density at radius 1 is 1.80 bits per heavy atom. The molecule has 0 amide bonds. The molecule has 1 N–H and O–H groups in total. The standard InChI is InChI=1S/C9H14O/c1-4-7-5-9(2,3)6-8(7)10/h4-5,8,10H,1,6H2,2-3H3/t8-/m0/s1. The van der Waals surface area contributed by atoms with Crippen molar-refractivity contribution in [1.29, 1.82) is 0 Å². The summed E-state index contributed by atoms with van der Waals surface area (Å²) in [5, 5.41) is 9.39. The summed E-state index contributed by atoms with van der Waals surface area (Å²) >= 11 is 0. The zero-order chi connectivity index (χ0) is 7.78. The first-order valence-electron chi connectivity index (χ1n) is 3.58. The zero-order valence-electron chi connectivity index (χ0n) is 6.59. The summed E-state index contributed by atoms with van der Waals surface area (Å²) in [6.45, 7) is 7.87. The van der Waals surface area contributed by atoms with Crippen LogP contribution in [-0.2, 0) is 0 Å². The van der Waals surface area contributed by atoms with E-state index in [1.54, 1.807) is 6.08 Å². The van der Waals surface area contributed by atoms with Gasteiger partial charge in [-0.1, -0.05) is 32.6 Å². The highest BCUT2D eigenvalue weighted by atomic mass is 16.3. The third-order valence-electron chi connectivity index (χ3n) is 1.90. The lowest BCUT2D eigenvalue weighted by molar-refractivity contribution is 0.186.